The third-order valence-corrected chi connectivity index (χ3v) is 3.66. The van der Waals surface area contributed by atoms with Gasteiger partial charge in [0.1, 0.15) is 16.9 Å². The molecule has 0 fully saturated rings. The molecule has 0 bridgehead atoms. The highest BCUT2D eigenvalue weighted by molar-refractivity contribution is 8.13. The molecule has 2 N–H and O–H groups in total. The maximum Gasteiger partial charge on any atom is 0.185 e. The normalized spacial score (nSPS) is 14.2. The average Bonchev–Trinajstić information content (AvgIpc) is 2.35. The first-order chi connectivity index (χ1) is 8.84. The van der Waals surface area contributed by atoms with E-state index in [9.17, 15) is 23.8 Å². The summed E-state index contributed by atoms with van der Waals surface area (Å²) in [6.07, 6.45) is -2.69. The molecular weight excluding hydrogens is 298 g/mol. The van der Waals surface area contributed by atoms with Gasteiger partial charge in [-0.2, -0.15) is 0 Å². The largest absolute Gasteiger partial charge is 0.390 e. The lowest BCUT2D eigenvalue weighted by Crippen LogP contribution is -2.20. The van der Waals surface area contributed by atoms with Gasteiger partial charge in [-0.3, -0.25) is 4.79 Å². The van der Waals surface area contributed by atoms with Gasteiger partial charge in [0.2, 0.25) is 0 Å². The Kier molecular flexibility index (Phi) is 6.19. The molecule has 0 radical (unpaired) electrons. The number of hydrogen-bond donors (Lipinski definition) is 2. The Labute approximate surface area is 118 Å². The summed E-state index contributed by atoms with van der Waals surface area (Å²) < 4.78 is 26.6. The molecule has 0 spiro atoms. The molecule has 2 unspecified atom stereocenters. The lowest BCUT2D eigenvalue weighted by molar-refractivity contribution is -0.109. The van der Waals surface area contributed by atoms with E-state index in [0.29, 0.717) is 5.75 Å². The lowest BCUT2D eigenvalue weighted by Gasteiger charge is -2.18. The van der Waals surface area contributed by atoms with Crippen LogP contribution in [-0.2, 0) is 4.79 Å². The van der Waals surface area contributed by atoms with Crippen molar-refractivity contribution in [2.24, 2.45) is 0 Å². The van der Waals surface area contributed by atoms with Crippen LogP contribution >= 0.6 is 23.4 Å². The van der Waals surface area contributed by atoms with Gasteiger partial charge in [0.15, 0.2) is 10.9 Å². The molecule has 0 aliphatic carbocycles. The minimum Gasteiger partial charge on any atom is -0.390 e. The standard InChI is InChI=1S/C12H13ClF2O3S/c1-6(16)19-5-4-9(17)12(18)7-2-3-8(14)10(13)11(7)15/h2-3,9,12,17-18H,4-5H2,1H3. The number of aliphatic hydroxyl groups is 2. The first kappa shape index (κ1) is 16.4. The Morgan fingerprint density at radius 2 is 2.05 bits per heavy atom. The van der Waals surface area contributed by atoms with Crippen LogP contribution in [0.5, 0.6) is 0 Å². The van der Waals surface area contributed by atoms with Gasteiger partial charge in [0, 0.05) is 18.2 Å². The molecule has 0 amide bonds. The van der Waals surface area contributed by atoms with Crippen molar-refractivity contribution in [1.29, 1.82) is 0 Å². The number of carbonyl (C=O) groups excluding carboxylic acids is 1. The quantitative estimate of drug-likeness (QED) is 0.821. The van der Waals surface area contributed by atoms with Crippen molar-refractivity contribution in [3.8, 4) is 0 Å². The van der Waals surface area contributed by atoms with Crippen molar-refractivity contribution in [2.75, 3.05) is 5.75 Å². The zero-order chi connectivity index (χ0) is 14.6. The minimum atomic E-state index is -1.52. The van der Waals surface area contributed by atoms with Crippen molar-refractivity contribution in [3.05, 3.63) is 34.4 Å². The van der Waals surface area contributed by atoms with Gasteiger partial charge in [-0.15, -0.1) is 0 Å². The Balaban J connectivity index is 2.74. The van der Waals surface area contributed by atoms with Crippen LogP contribution in [0.2, 0.25) is 5.02 Å². The molecule has 0 saturated carbocycles. The molecule has 7 heteroatoms. The maximum absolute atomic E-state index is 13.6. The molecule has 19 heavy (non-hydrogen) atoms. The number of rotatable bonds is 5. The summed E-state index contributed by atoms with van der Waals surface area (Å²) in [6, 6.07) is 1.95. The zero-order valence-corrected chi connectivity index (χ0v) is 11.6. The van der Waals surface area contributed by atoms with Crippen LogP contribution in [0.15, 0.2) is 12.1 Å². The summed E-state index contributed by atoms with van der Waals surface area (Å²) in [7, 11) is 0. The fourth-order valence-corrected chi connectivity index (χ4v) is 2.28. The number of benzene rings is 1. The smallest absolute Gasteiger partial charge is 0.185 e. The fourth-order valence-electron chi connectivity index (χ4n) is 1.46. The molecule has 3 nitrogen and oxygen atoms in total. The second-order valence-corrected chi connectivity index (χ2v) is 5.56. The Morgan fingerprint density at radius 1 is 1.42 bits per heavy atom. The van der Waals surface area contributed by atoms with Crippen molar-refractivity contribution >= 4 is 28.5 Å². The molecular formula is C12H13ClF2O3S. The molecule has 0 saturated heterocycles. The summed E-state index contributed by atoms with van der Waals surface area (Å²) in [5, 5.41) is 18.6. The van der Waals surface area contributed by atoms with Gasteiger partial charge in [-0.05, 0) is 12.5 Å². The van der Waals surface area contributed by atoms with Gasteiger partial charge in [0.25, 0.3) is 0 Å². The van der Waals surface area contributed by atoms with Crippen molar-refractivity contribution < 1.29 is 23.8 Å². The Morgan fingerprint density at radius 3 is 2.63 bits per heavy atom. The van der Waals surface area contributed by atoms with Crippen molar-refractivity contribution in [2.45, 2.75) is 25.6 Å². The van der Waals surface area contributed by atoms with E-state index < -0.39 is 28.9 Å². The number of thioether (sulfide) groups is 1. The molecule has 1 aromatic rings. The van der Waals surface area contributed by atoms with Crippen LogP contribution in [0, 0.1) is 11.6 Å². The highest BCUT2D eigenvalue weighted by atomic mass is 35.5. The van der Waals surface area contributed by atoms with Gasteiger partial charge in [-0.25, -0.2) is 8.78 Å². The first-order valence-corrected chi connectivity index (χ1v) is 6.83. The van der Waals surface area contributed by atoms with E-state index in [1.807, 2.05) is 0 Å². The first-order valence-electron chi connectivity index (χ1n) is 5.47. The predicted molar refractivity (Wildman–Crippen MR) is 70.1 cm³/mol. The average molecular weight is 311 g/mol. The number of halogens is 3. The number of hydrogen-bond acceptors (Lipinski definition) is 4. The molecule has 0 aromatic heterocycles. The topological polar surface area (TPSA) is 57.5 Å². The summed E-state index contributed by atoms with van der Waals surface area (Å²) in [4.78, 5) is 10.7. The Bertz CT molecular complexity index is 471. The molecule has 106 valence electrons. The van der Waals surface area contributed by atoms with Gasteiger partial charge >= 0.3 is 0 Å². The molecule has 2 atom stereocenters. The van der Waals surface area contributed by atoms with Crippen LogP contribution in [-0.4, -0.2) is 27.2 Å². The van der Waals surface area contributed by atoms with E-state index in [0.717, 1.165) is 23.9 Å². The third-order valence-electron chi connectivity index (χ3n) is 2.47. The van der Waals surface area contributed by atoms with Crippen LogP contribution in [0.25, 0.3) is 0 Å². The summed E-state index contributed by atoms with van der Waals surface area (Å²) in [6.45, 7) is 1.38. The van der Waals surface area contributed by atoms with Crippen LogP contribution < -0.4 is 0 Å². The SMILES string of the molecule is CC(=O)SCCC(O)C(O)c1ccc(F)c(Cl)c1F. The maximum atomic E-state index is 13.6. The molecule has 0 aliphatic rings. The minimum absolute atomic E-state index is 0.0971. The zero-order valence-electron chi connectivity index (χ0n) is 10.1. The number of aliphatic hydroxyl groups excluding tert-OH is 2. The van der Waals surface area contributed by atoms with Gasteiger partial charge in [0.05, 0.1) is 6.10 Å². The van der Waals surface area contributed by atoms with E-state index in [2.05, 4.69) is 0 Å². The van der Waals surface area contributed by atoms with E-state index in [-0.39, 0.29) is 17.1 Å². The van der Waals surface area contributed by atoms with Gasteiger partial charge in [-0.1, -0.05) is 29.4 Å². The molecule has 0 heterocycles. The Hall–Kier alpha value is -0.690. The lowest BCUT2D eigenvalue weighted by atomic mass is 10.0. The second kappa shape index (κ2) is 7.19. The summed E-state index contributed by atoms with van der Waals surface area (Å²) in [5.41, 5.74) is -0.272. The van der Waals surface area contributed by atoms with E-state index in [1.165, 1.54) is 6.92 Å². The van der Waals surface area contributed by atoms with Crippen LogP contribution in [0.3, 0.4) is 0 Å². The summed E-state index contributed by atoms with van der Waals surface area (Å²) in [5.74, 6) is -1.73. The highest BCUT2D eigenvalue weighted by Gasteiger charge is 2.24. The van der Waals surface area contributed by atoms with Gasteiger partial charge < -0.3 is 10.2 Å². The fraction of sp³-hybridized carbons (Fsp3) is 0.417. The van der Waals surface area contributed by atoms with E-state index in [4.69, 9.17) is 11.6 Å². The van der Waals surface area contributed by atoms with Crippen molar-refractivity contribution in [1.82, 2.24) is 0 Å². The molecule has 1 rings (SSSR count). The van der Waals surface area contributed by atoms with Crippen LogP contribution in [0.4, 0.5) is 8.78 Å². The molecule has 0 aliphatic heterocycles. The van der Waals surface area contributed by atoms with Crippen LogP contribution in [0.1, 0.15) is 25.0 Å². The predicted octanol–water partition coefficient (Wildman–Crippen LogP) is 2.68. The number of carbonyl (C=O) groups is 1. The highest BCUT2D eigenvalue weighted by Crippen LogP contribution is 2.28. The summed E-state index contributed by atoms with van der Waals surface area (Å²) >= 11 is 6.38. The molecule has 1 aromatic carbocycles. The van der Waals surface area contributed by atoms with Crippen molar-refractivity contribution in [3.63, 3.8) is 0 Å². The third kappa shape index (κ3) is 4.42. The second-order valence-electron chi connectivity index (χ2n) is 3.91. The monoisotopic (exact) mass is 310 g/mol. The van der Waals surface area contributed by atoms with E-state index >= 15 is 0 Å². The van der Waals surface area contributed by atoms with E-state index in [1.54, 1.807) is 0 Å².